The van der Waals surface area contributed by atoms with E-state index >= 15 is 0 Å². The van der Waals surface area contributed by atoms with Crippen molar-refractivity contribution in [2.75, 3.05) is 6.61 Å². The number of ether oxygens (including phenoxy) is 1. The van der Waals surface area contributed by atoms with Gasteiger partial charge in [0.2, 0.25) is 5.91 Å². The molecule has 0 spiro atoms. The van der Waals surface area contributed by atoms with Crippen molar-refractivity contribution in [3.05, 3.63) is 101 Å². The van der Waals surface area contributed by atoms with Crippen LogP contribution in [-0.4, -0.2) is 29.4 Å². The van der Waals surface area contributed by atoms with Crippen LogP contribution in [0.1, 0.15) is 18.1 Å². The third-order valence-corrected chi connectivity index (χ3v) is 5.24. The lowest BCUT2D eigenvalue weighted by Crippen LogP contribution is -2.48. The highest BCUT2D eigenvalue weighted by Gasteiger charge is 2.26. The monoisotopic (exact) mass is 454 g/mol. The summed E-state index contributed by atoms with van der Waals surface area (Å²) < 4.78 is 18.9. The van der Waals surface area contributed by atoms with Crippen LogP contribution in [0.3, 0.4) is 0 Å². The molecule has 0 unspecified atom stereocenters. The molecule has 0 heterocycles. The lowest BCUT2D eigenvalue weighted by molar-refractivity contribution is -0.142. The number of nitrogens with zero attached hydrogens (tertiary/aromatic N) is 1. The minimum Gasteiger partial charge on any atom is -0.482 e. The first-order chi connectivity index (χ1) is 15.4. The predicted octanol–water partition coefficient (Wildman–Crippen LogP) is 4.59. The van der Waals surface area contributed by atoms with E-state index in [-0.39, 0.29) is 24.9 Å². The van der Waals surface area contributed by atoms with E-state index < -0.39 is 11.9 Å². The number of hydrogen-bond acceptors (Lipinski definition) is 3. The SMILES string of the molecule is C[C@@H](C(=O)NCc1ccccc1)N(Cc1ccc(F)cc1)C(=O)COc1ccccc1Cl. The Morgan fingerprint density at radius 3 is 2.31 bits per heavy atom. The van der Waals surface area contributed by atoms with Gasteiger partial charge in [0.25, 0.3) is 5.91 Å². The highest BCUT2D eigenvalue weighted by Crippen LogP contribution is 2.23. The van der Waals surface area contributed by atoms with Gasteiger partial charge in [0.05, 0.1) is 5.02 Å². The molecule has 2 amide bonds. The van der Waals surface area contributed by atoms with Crippen molar-refractivity contribution in [2.24, 2.45) is 0 Å². The molecule has 0 saturated carbocycles. The molecule has 0 aliphatic rings. The smallest absolute Gasteiger partial charge is 0.261 e. The number of nitrogens with one attached hydrogen (secondary N) is 1. The van der Waals surface area contributed by atoms with E-state index in [4.69, 9.17) is 16.3 Å². The quantitative estimate of drug-likeness (QED) is 0.514. The van der Waals surface area contributed by atoms with Crippen LogP contribution < -0.4 is 10.1 Å². The molecular weight excluding hydrogens is 431 g/mol. The summed E-state index contributed by atoms with van der Waals surface area (Å²) in [5.41, 5.74) is 1.65. The lowest BCUT2D eigenvalue weighted by atomic mass is 10.1. The van der Waals surface area contributed by atoms with Gasteiger partial charge in [-0.1, -0.05) is 66.2 Å². The Hall–Kier alpha value is -3.38. The van der Waals surface area contributed by atoms with Gasteiger partial charge in [-0.3, -0.25) is 9.59 Å². The summed E-state index contributed by atoms with van der Waals surface area (Å²) in [6, 6.07) is 21.4. The second kappa shape index (κ2) is 11.3. The van der Waals surface area contributed by atoms with E-state index in [1.165, 1.54) is 17.0 Å². The van der Waals surface area contributed by atoms with Crippen LogP contribution in [-0.2, 0) is 22.7 Å². The Labute approximate surface area is 191 Å². The van der Waals surface area contributed by atoms with Crippen LogP contribution in [0.4, 0.5) is 4.39 Å². The maximum absolute atomic E-state index is 13.3. The molecule has 0 aromatic heterocycles. The summed E-state index contributed by atoms with van der Waals surface area (Å²) in [5.74, 6) is -0.688. The fourth-order valence-corrected chi connectivity index (χ4v) is 3.28. The number of rotatable bonds is 9. The van der Waals surface area contributed by atoms with E-state index in [2.05, 4.69) is 5.32 Å². The molecule has 0 fully saturated rings. The summed E-state index contributed by atoms with van der Waals surface area (Å²) in [7, 11) is 0. The van der Waals surface area contributed by atoms with Gasteiger partial charge < -0.3 is 15.0 Å². The van der Waals surface area contributed by atoms with Gasteiger partial charge in [-0.25, -0.2) is 4.39 Å². The fourth-order valence-electron chi connectivity index (χ4n) is 3.09. The molecule has 32 heavy (non-hydrogen) atoms. The highest BCUT2D eigenvalue weighted by molar-refractivity contribution is 6.32. The van der Waals surface area contributed by atoms with Gasteiger partial charge in [-0.15, -0.1) is 0 Å². The van der Waals surface area contributed by atoms with Gasteiger partial charge in [-0.05, 0) is 42.3 Å². The normalized spacial score (nSPS) is 11.5. The highest BCUT2D eigenvalue weighted by atomic mass is 35.5. The average molecular weight is 455 g/mol. The number of amides is 2. The van der Waals surface area contributed by atoms with Gasteiger partial charge >= 0.3 is 0 Å². The molecule has 1 N–H and O–H groups in total. The van der Waals surface area contributed by atoms with E-state index in [0.29, 0.717) is 22.9 Å². The summed E-state index contributed by atoms with van der Waals surface area (Å²) in [5, 5.41) is 3.25. The molecule has 7 heteroatoms. The standard InChI is InChI=1S/C25H24ClFN2O3/c1-18(25(31)28-15-19-7-3-2-4-8-19)29(16-20-11-13-21(27)14-12-20)24(30)17-32-23-10-6-5-9-22(23)26/h2-14,18H,15-17H2,1H3,(H,28,31)/t18-/m0/s1. The summed E-state index contributed by atoms with van der Waals surface area (Å²) in [6.45, 7) is 1.84. The van der Waals surface area contributed by atoms with Crippen molar-refractivity contribution in [1.29, 1.82) is 0 Å². The van der Waals surface area contributed by atoms with Crippen molar-refractivity contribution in [2.45, 2.75) is 26.1 Å². The first kappa shape index (κ1) is 23.3. The summed E-state index contributed by atoms with van der Waals surface area (Å²) in [6.07, 6.45) is 0. The first-order valence-corrected chi connectivity index (χ1v) is 10.5. The number of carbonyl (C=O) groups excluding carboxylic acids is 2. The van der Waals surface area contributed by atoms with Crippen LogP contribution in [0.5, 0.6) is 5.75 Å². The maximum atomic E-state index is 13.3. The van der Waals surface area contributed by atoms with Gasteiger partial charge in [-0.2, -0.15) is 0 Å². The number of para-hydroxylation sites is 1. The summed E-state index contributed by atoms with van der Waals surface area (Å²) >= 11 is 6.09. The molecule has 3 rings (SSSR count). The number of hydrogen-bond donors (Lipinski definition) is 1. The summed E-state index contributed by atoms with van der Waals surface area (Å²) in [4.78, 5) is 27.2. The second-order valence-corrected chi connectivity index (χ2v) is 7.65. The second-order valence-electron chi connectivity index (χ2n) is 7.25. The maximum Gasteiger partial charge on any atom is 0.261 e. The largest absolute Gasteiger partial charge is 0.482 e. The van der Waals surface area contributed by atoms with Gasteiger partial charge in [0.15, 0.2) is 6.61 Å². The molecule has 166 valence electrons. The Morgan fingerprint density at radius 1 is 0.969 bits per heavy atom. The Morgan fingerprint density at radius 2 is 1.62 bits per heavy atom. The zero-order chi connectivity index (χ0) is 22.9. The minimum atomic E-state index is -0.772. The van der Waals surface area contributed by atoms with Gasteiger partial charge in [0, 0.05) is 13.1 Å². The van der Waals surface area contributed by atoms with Gasteiger partial charge in [0.1, 0.15) is 17.6 Å². The van der Waals surface area contributed by atoms with Crippen molar-refractivity contribution in [3.63, 3.8) is 0 Å². The van der Waals surface area contributed by atoms with Crippen LogP contribution in [0, 0.1) is 5.82 Å². The topological polar surface area (TPSA) is 58.6 Å². The zero-order valence-corrected chi connectivity index (χ0v) is 18.4. The molecule has 3 aromatic rings. The van der Waals surface area contributed by atoms with E-state index in [1.807, 2.05) is 30.3 Å². The van der Waals surface area contributed by atoms with Crippen LogP contribution in [0.15, 0.2) is 78.9 Å². The van der Waals surface area contributed by atoms with Crippen molar-refractivity contribution < 1.29 is 18.7 Å². The number of halogens is 2. The Kier molecular flexibility index (Phi) is 8.22. The van der Waals surface area contributed by atoms with Crippen molar-refractivity contribution in [1.82, 2.24) is 10.2 Å². The van der Waals surface area contributed by atoms with E-state index in [0.717, 1.165) is 5.56 Å². The van der Waals surface area contributed by atoms with Crippen molar-refractivity contribution >= 4 is 23.4 Å². The molecular formula is C25H24ClFN2O3. The molecule has 3 aromatic carbocycles. The van der Waals surface area contributed by atoms with Crippen LogP contribution in [0.2, 0.25) is 5.02 Å². The van der Waals surface area contributed by atoms with Crippen molar-refractivity contribution in [3.8, 4) is 5.75 Å². The molecule has 1 atom stereocenters. The molecule has 5 nitrogen and oxygen atoms in total. The first-order valence-electron chi connectivity index (χ1n) is 10.2. The number of carbonyl (C=O) groups is 2. The molecule has 0 bridgehead atoms. The molecule has 0 radical (unpaired) electrons. The van der Waals surface area contributed by atoms with E-state index in [1.54, 1.807) is 43.3 Å². The minimum absolute atomic E-state index is 0.130. The molecule has 0 aliphatic heterocycles. The molecule has 0 saturated heterocycles. The van der Waals surface area contributed by atoms with Crippen LogP contribution >= 0.6 is 11.6 Å². The third-order valence-electron chi connectivity index (χ3n) is 4.93. The van der Waals surface area contributed by atoms with E-state index in [9.17, 15) is 14.0 Å². The average Bonchev–Trinajstić information content (AvgIpc) is 2.81. The third kappa shape index (κ3) is 6.56. The fraction of sp³-hybridized carbons (Fsp3) is 0.200. The Balaban J connectivity index is 1.71. The number of benzene rings is 3. The predicted molar refractivity (Wildman–Crippen MR) is 122 cm³/mol. The zero-order valence-electron chi connectivity index (χ0n) is 17.6. The Bertz CT molecular complexity index is 1040. The lowest BCUT2D eigenvalue weighted by Gasteiger charge is -2.29. The molecule has 0 aliphatic carbocycles. The van der Waals surface area contributed by atoms with Crippen LogP contribution in [0.25, 0.3) is 0 Å².